The number of aromatic amines is 1. The summed E-state index contributed by atoms with van der Waals surface area (Å²) in [7, 11) is 6.48. The molecule has 21 heteroatoms. The van der Waals surface area contributed by atoms with Crippen molar-refractivity contribution >= 4 is 27.6 Å². The molecule has 2 atom stereocenters. The van der Waals surface area contributed by atoms with Crippen molar-refractivity contribution in [3.05, 3.63) is 147 Å². The minimum absolute atomic E-state index is 0.116. The number of imidazole rings is 2. The highest BCUT2D eigenvalue weighted by atomic mass is 79.9. The molecule has 14 nitrogen and oxygen atoms in total. The number of aryl methyl sites for hydroxylation is 2. The number of methoxy groups -OCH3 is 2. The lowest BCUT2D eigenvalue weighted by Gasteiger charge is -2.33. The van der Waals surface area contributed by atoms with Crippen molar-refractivity contribution in [2.45, 2.75) is 38.3 Å². The fourth-order valence-electron chi connectivity index (χ4n) is 6.40. The van der Waals surface area contributed by atoms with Crippen LogP contribution in [0.2, 0.25) is 0 Å². The fraction of sp³-hybridized carbons (Fsp3) is 0.286. The first-order valence-corrected chi connectivity index (χ1v) is 19.7. The molecule has 0 aliphatic carbocycles. The maximum Gasteiger partial charge on any atom is 0.416 e. The second-order valence-corrected chi connectivity index (χ2v) is 14.8. The minimum atomic E-state index is -4.42. The van der Waals surface area contributed by atoms with Gasteiger partial charge in [-0.2, -0.15) is 26.3 Å². The number of halogens is 7. The predicted octanol–water partition coefficient (Wildman–Crippen LogP) is 8.92. The molecule has 0 radical (unpaired) electrons. The van der Waals surface area contributed by atoms with Gasteiger partial charge in [-0.3, -0.25) is 0 Å². The van der Waals surface area contributed by atoms with E-state index in [2.05, 4.69) is 51.2 Å². The molecule has 0 amide bonds. The zero-order chi connectivity index (χ0) is 45.5. The Balaban J connectivity index is 0.000000187. The first kappa shape index (κ1) is 45.9. The number of pyridine rings is 2. The third-order valence-electron chi connectivity index (χ3n) is 9.69. The number of aromatic nitrogens is 6. The van der Waals surface area contributed by atoms with Crippen LogP contribution in [0.25, 0.3) is 5.69 Å². The Hall–Kier alpha value is -6.64. The third-order valence-corrected chi connectivity index (χ3v) is 10.3. The number of nitrogens with zero attached hydrogens (tertiary/aromatic N) is 9. The van der Waals surface area contributed by atoms with Crippen LogP contribution >= 0.6 is 15.9 Å². The summed E-state index contributed by atoms with van der Waals surface area (Å²) in [5.74, 6) is 1.52. The molecule has 4 aromatic heterocycles. The van der Waals surface area contributed by atoms with E-state index in [1.54, 1.807) is 77.6 Å². The van der Waals surface area contributed by atoms with E-state index < -0.39 is 35.6 Å². The molecule has 0 spiro atoms. The maximum absolute atomic E-state index is 13.1. The van der Waals surface area contributed by atoms with Gasteiger partial charge in [0, 0.05) is 32.2 Å². The number of ether oxygens (including phenoxy) is 2. The number of nitrogens with one attached hydrogen (secondary N) is 1. The van der Waals surface area contributed by atoms with Gasteiger partial charge in [0.2, 0.25) is 11.8 Å². The van der Waals surface area contributed by atoms with E-state index in [0.717, 1.165) is 35.7 Å². The lowest BCUT2D eigenvalue weighted by atomic mass is 10.0. The predicted molar refractivity (Wildman–Crippen MR) is 223 cm³/mol. The summed E-state index contributed by atoms with van der Waals surface area (Å²) in [5.41, 5.74) is 3.16. The summed E-state index contributed by atoms with van der Waals surface area (Å²) >= 11 is 3.33. The van der Waals surface area contributed by atoms with Gasteiger partial charge in [0.05, 0.1) is 60.3 Å². The quantitative estimate of drug-likeness (QED) is 0.154. The number of rotatable bonds is 7. The smallest absolute Gasteiger partial charge is 0.416 e. The van der Waals surface area contributed by atoms with Gasteiger partial charge < -0.3 is 38.5 Å². The van der Waals surface area contributed by atoms with E-state index in [1.165, 1.54) is 26.4 Å². The normalized spacial score (nSPS) is 16.3. The Bertz CT molecular complexity index is 2550. The first-order chi connectivity index (χ1) is 30.0. The second kappa shape index (κ2) is 19.6. The molecule has 2 aromatic carbocycles. The van der Waals surface area contributed by atoms with Crippen LogP contribution in [0.3, 0.4) is 0 Å². The largest absolute Gasteiger partial charge is 0.480 e. The standard InChI is InChI=1S/C21H20F3N5O2.C17H15BrF3N3O2.C4H6N2/c1-13-10-29(12-25-13)17-8-7-16(26-20(17)30-3)19-27-31-11-18(28(19)2)14-5-4-6-15(9-14)21(22,23)24;1-24-14(10-4-3-5-11(8-10)17(19,20)21)9-26-23-15(24)13-7-6-12(18)16(22-13)25-2;1-4-2-5-3-6-4/h4-10,12,18H,11H2,1-3H3;3-8,14H,9H2,1-2H3;2-3H,1H3,(H,5,6). The fourth-order valence-corrected chi connectivity index (χ4v) is 6.78. The highest BCUT2D eigenvalue weighted by molar-refractivity contribution is 9.10. The van der Waals surface area contributed by atoms with Crippen molar-refractivity contribution in [1.82, 2.24) is 39.3 Å². The molecular formula is C42H41BrF6N10O4. The number of alkyl halides is 6. The van der Waals surface area contributed by atoms with Gasteiger partial charge in [0.25, 0.3) is 0 Å². The molecule has 2 unspecified atom stereocenters. The lowest BCUT2D eigenvalue weighted by molar-refractivity contribution is -0.138. The van der Waals surface area contributed by atoms with Crippen LogP contribution in [0.4, 0.5) is 26.3 Å². The zero-order valence-corrected chi connectivity index (χ0v) is 36.2. The molecule has 6 heterocycles. The summed E-state index contributed by atoms with van der Waals surface area (Å²) in [6, 6.07) is 16.6. The van der Waals surface area contributed by atoms with Crippen LogP contribution in [0.1, 0.15) is 57.1 Å². The van der Waals surface area contributed by atoms with E-state index in [1.807, 2.05) is 26.1 Å². The molecule has 0 fully saturated rings. The summed E-state index contributed by atoms with van der Waals surface area (Å²) in [4.78, 5) is 33.9. The molecule has 2 aliphatic rings. The topological polar surface area (TPSA) is 140 Å². The Morgan fingerprint density at radius 1 is 0.730 bits per heavy atom. The molecule has 0 saturated carbocycles. The molecule has 63 heavy (non-hydrogen) atoms. The molecule has 0 bridgehead atoms. The van der Waals surface area contributed by atoms with Gasteiger partial charge in [-0.05, 0) is 89.4 Å². The maximum atomic E-state index is 13.1. The van der Waals surface area contributed by atoms with E-state index in [9.17, 15) is 26.3 Å². The molecule has 8 rings (SSSR count). The zero-order valence-electron chi connectivity index (χ0n) is 34.6. The highest BCUT2D eigenvalue weighted by Crippen LogP contribution is 2.35. The first-order valence-electron chi connectivity index (χ1n) is 18.9. The van der Waals surface area contributed by atoms with Gasteiger partial charge >= 0.3 is 12.4 Å². The van der Waals surface area contributed by atoms with Crippen molar-refractivity contribution in [2.24, 2.45) is 10.3 Å². The second-order valence-electron chi connectivity index (χ2n) is 14.0. The average Bonchev–Trinajstić information content (AvgIpc) is 3.94. The summed E-state index contributed by atoms with van der Waals surface area (Å²) < 4.78 is 91.5. The number of H-pyrrole nitrogens is 1. The van der Waals surface area contributed by atoms with Crippen molar-refractivity contribution in [3.63, 3.8) is 0 Å². The number of likely N-dealkylation sites (N-methyl/N-ethyl adjacent to an activating group) is 2. The van der Waals surface area contributed by atoms with Crippen LogP contribution in [0.5, 0.6) is 11.8 Å². The Morgan fingerprint density at radius 3 is 1.68 bits per heavy atom. The molecule has 2 aliphatic heterocycles. The van der Waals surface area contributed by atoms with Crippen molar-refractivity contribution in [2.75, 3.05) is 41.5 Å². The summed E-state index contributed by atoms with van der Waals surface area (Å²) in [6.45, 7) is 4.09. The number of amidine groups is 2. The molecule has 0 saturated heterocycles. The van der Waals surface area contributed by atoms with E-state index in [0.29, 0.717) is 56.1 Å². The lowest BCUT2D eigenvalue weighted by Crippen LogP contribution is -2.38. The van der Waals surface area contributed by atoms with Crippen molar-refractivity contribution in [3.8, 4) is 17.4 Å². The monoisotopic (exact) mass is 942 g/mol. The SMILES string of the molecule is COc1nc(C2=NOCC(c3cccc(C(F)(F)F)c3)N2C)ccc1-n1cnc(C)c1.COc1nc(C2=NOCC(c3cccc(C(F)(F)F)c3)N2C)ccc1Br.Cc1cnc[nH]1. The number of hydrogen-bond donors (Lipinski definition) is 1. The van der Waals surface area contributed by atoms with E-state index in [-0.39, 0.29) is 13.2 Å². The van der Waals surface area contributed by atoms with Gasteiger partial charge in [0.1, 0.15) is 30.3 Å². The Labute approximate surface area is 366 Å². The van der Waals surface area contributed by atoms with Gasteiger partial charge in [-0.15, -0.1) is 0 Å². The summed E-state index contributed by atoms with van der Waals surface area (Å²) in [6.07, 6.45) is -1.88. The van der Waals surface area contributed by atoms with E-state index in [4.69, 9.17) is 19.1 Å². The van der Waals surface area contributed by atoms with Crippen molar-refractivity contribution < 1.29 is 45.5 Å². The number of oxime groups is 2. The average molecular weight is 944 g/mol. The van der Waals surface area contributed by atoms with E-state index >= 15 is 0 Å². The number of benzene rings is 2. The molecular weight excluding hydrogens is 902 g/mol. The Kier molecular flexibility index (Phi) is 14.3. The van der Waals surface area contributed by atoms with Gasteiger partial charge in [-0.1, -0.05) is 34.6 Å². The molecule has 332 valence electrons. The van der Waals surface area contributed by atoms with Gasteiger partial charge in [0.15, 0.2) is 11.7 Å². The van der Waals surface area contributed by atoms with Crippen LogP contribution in [-0.2, 0) is 22.0 Å². The van der Waals surface area contributed by atoms with Crippen LogP contribution in [0.15, 0.2) is 113 Å². The van der Waals surface area contributed by atoms with Crippen LogP contribution in [0, 0.1) is 13.8 Å². The highest BCUT2D eigenvalue weighted by Gasteiger charge is 2.35. The number of hydrogen-bond acceptors (Lipinski definition) is 12. The van der Waals surface area contributed by atoms with Crippen LogP contribution in [-0.4, -0.2) is 92.5 Å². The summed E-state index contributed by atoms with van der Waals surface area (Å²) in [5, 5.41) is 8.11. The minimum Gasteiger partial charge on any atom is -0.480 e. The Morgan fingerprint density at radius 2 is 1.25 bits per heavy atom. The molecule has 1 N–H and O–H groups in total. The molecule has 6 aromatic rings. The van der Waals surface area contributed by atoms with Gasteiger partial charge in [-0.25, -0.2) is 19.9 Å². The third kappa shape index (κ3) is 11.1. The van der Waals surface area contributed by atoms with Crippen LogP contribution < -0.4 is 9.47 Å². The van der Waals surface area contributed by atoms with Crippen molar-refractivity contribution in [1.29, 1.82) is 0 Å².